The van der Waals surface area contributed by atoms with E-state index in [0.29, 0.717) is 32.1 Å². The van der Waals surface area contributed by atoms with Crippen molar-refractivity contribution in [2.24, 2.45) is 40.4 Å². The van der Waals surface area contributed by atoms with Crippen LogP contribution in [0.1, 0.15) is 113 Å². The minimum atomic E-state index is -5.13. The van der Waals surface area contributed by atoms with Gasteiger partial charge in [0.1, 0.15) is 116 Å². The normalized spacial score (nSPS) is 51.1. The van der Waals surface area contributed by atoms with Crippen LogP contribution in [0.4, 0.5) is 0 Å². The molecule has 37 atom stereocenters. The fourth-order valence-corrected chi connectivity index (χ4v) is 17.3. The molecule has 0 bridgehead atoms. The van der Waals surface area contributed by atoms with Gasteiger partial charge in [-0.2, -0.15) is 0 Å². The number of ether oxygens (including phenoxy) is 12. The second-order valence-corrected chi connectivity index (χ2v) is 30.0. The Hall–Kier alpha value is -0.730. The van der Waals surface area contributed by atoms with E-state index >= 15 is 0 Å². The molecule has 0 spiro atoms. The molecule has 0 radical (unpaired) electrons. The summed E-state index contributed by atoms with van der Waals surface area (Å²) in [5, 5.41) is 168. The molecule has 33 heteroatoms. The van der Waals surface area contributed by atoms with Crippen molar-refractivity contribution in [2.75, 3.05) is 19.8 Å². The SMILES string of the molecule is C=C(CC[C@](C)(O)[C@H]1CC[C@H]2C3C[C@H](OC4OC(C)C(O)C(OC5OCC(OC6OC(C)C(O)C(O)C6OC6OCC(O)C(OC7OC(CO)C(O)C(O)C7O)C6O)C(O)C5OC5OC(C)C(O)C(O)C5O)C4O)[C@H]4C[C@@H](OS(=O)(=O)[O-])CC[C@]4(C)C3=CC[C@@]21C)C(C)C.[Na+]. The first-order chi connectivity index (χ1) is 44.0. The van der Waals surface area contributed by atoms with E-state index in [-0.39, 0.29) is 71.5 Å². The van der Waals surface area contributed by atoms with E-state index in [1.54, 1.807) is 0 Å². The number of hydrogen-bond donors (Lipinski definition) is 15. The van der Waals surface area contributed by atoms with E-state index in [0.717, 1.165) is 18.4 Å². The fourth-order valence-electron chi connectivity index (χ4n) is 16.8. The Morgan fingerprint density at radius 2 is 1.16 bits per heavy atom. The van der Waals surface area contributed by atoms with E-state index < -0.39 is 231 Å². The van der Waals surface area contributed by atoms with Crippen LogP contribution in [0.15, 0.2) is 23.8 Å². The van der Waals surface area contributed by atoms with E-state index in [1.807, 2.05) is 6.92 Å². The van der Waals surface area contributed by atoms with Gasteiger partial charge in [-0.25, -0.2) is 8.42 Å². The summed E-state index contributed by atoms with van der Waals surface area (Å²) in [5.41, 5.74) is 0.208. The van der Waals surface area contributed by atoms with Crippen LogP contribution in [0.5, 0.6) is 0 Å². The molecule has 29 unspecified atom stereocenters. The monoisotopic (exact) mass is 1400 g/mol. The first-order valence-electron chi connectivity index (χ1n) is 33.0. The van der Waals surface area contributed by atoms with Gasteiger partial charge in [0, 0.05) is 0 Å². The molecule has 0 aromatic heterocycles. The molecule has 0 aromatic rings. The Labute approximate surface area is 574 Å². The molecule has 6 saturated heterocycles. The van der Waals surface area contributed by atoms with Gasteiger partial charge in [0.05, 0.1) is 55.9 Å². The molecule has 542 valence electrons. The topological polar surface area (TPSA) is 481 Å². The van der Waals surface area contributed by atoms with E-state index in [1.165, 1.54) is 26.3 Å². The number of aliphatic hydroxyl groups excluding tert-OH is 14. The van der Waals surface area contributed by atoms with Gasteiger partial charge in [0.2, 0.25) is 10.4 Å². The summed E-state index contributed by atoms with van der Waals surface area (Å²) in [5.74, 6) is -0.392. The molecule has 6 heterocycles. The molecule has 10 rings (SSSR count). The fraction of sp³-hybridized carbons (Fsp3) is 0.935. The number of allylic oxidation sites excluding steroid dienone is 3. The maximum Gasteiger partial charge on any atom is 1.00 e. The van der Waals surface area contributed by atoms with Gasteiger partial charge in [-0.1, -0.05) is 51.5 Å². The maximum absolute atomic E-state index is 12.5. The van der Waals surface area contributed by atoms with Gasteiger partial charge < -0.3 is 138 Å². The molecule has 10 aliphatic rings. The van der Waals surface area contributed by atoms with Gasteiger partial charge in [-0.3, -0.25) is 4.18 Å². The van der Waals surface area contributed by atoms with E-state index in [9.17, 15) is 89.6 Å². The zero-order valence-corrected chi connectivity index (χ0v) is 57.9. The Morgan fingerprint density at radius 1 is 0.621 bits per heavy atom. The molecule has 31 nitrogen and oxygen atoms in total. The molecular weight excluding hydrogens is 1300 g/mol. The van der Waals surface area contributed by atoms with Crippen molar-refractivity contribution in [3.63, 3.8) is 0 Å². The van der Waals surface area contributed by atoms with Crippen LogP contribution in [0, 0.1) is 40.4 Å². The van der Waals surface area contributed by atoms with E-state index in [2.05, 4.69) is 40.3 Å². The van der Waals surface area contributed by atoms with Crippen LogP contribution in [-0.2, 0) is 71.4 Å². The third-order valence-corrected chi connectivity index (χ3v) is 23.1. The first-order valence-corrected chi connectivity index (χ1v) is 34.3. The summed E-state index contributed by atoms with van der Waals surface area (Å²) >= 11 is 0. The van der Waals surface area contributed by atoms with Gasteiger partial charge in [-0.05, 0) is 126 Å². The minimum Gasteiger partial charge on any atom is -0.726 e. The number of hydrogen-bond acceptors (Lipinski definition) is 31. The van der Waals surface area contributed by atoms with Crippen LogP contribution in [-0.4, -0.2) is 299 Å². The van der Waals surface area contributed by atoms with Gasteiger partial charge >= 0.3 is 29.6 Å². The van der Waals surface area contributed by atoms with Crippen LogP contribution < -0.4 is 29.6 Å². The van der Waals surface area contributed by atoms with E-state index in [4.69, 9.17) is 61.0 Å². The van der Waals surface area contributed by atoms with Crippen LogP contribution >= 0.6 is 0 Å². The van der Waals surface area contributed by atoms with Crippen molar-refractivity contribution >= 4 is 10.4 Å². The third kappa shape index (κ3) is 15.9. The molecule has 0 aromatic carbocycles. The van der Waals surface area contributed by atoms with Crippen molar-refractivity contribution in [1.82, 2.24) is 0 Å². The number of fused-ring (bicyclic) bond motifs is 5. The molecule has 3 saturated carbocycles. The summed E-state index contributed by atoms with van der Waals surface area (Å²) in [6.45, 7) is 16.7. The number of rotatable bonds is 20. The Bertz CT molecular complexity index is 2700. The Kier molecular flexibility index (Phi) is 25.5. The van der Waals surface area contributed by atoms with Crippen molar-refractivity contribution < 1.29 is 180 Å². The average molecular weight is 1400 g/mol. The van der Waals surface area contributed by atoms with Gasteiger partial charge in [0.15, 0.2) is 37.7 Å². The quantitative estimate of drug-likeness (QED) is 0.0233. The average Bonchev–Trinajstić information content (AvgIpc) is 1.68. The molecule has 95 heavy (non-hydrogen) atoms. The Balaban J connectivity index is 0.0000106. The molecule has 9 fully saturated rings. The van der Waals surface area contributed by atoms with Crippen molar-refractivity contribution in [3.8, 4) is 0 Å². The van der Waals surface area contributed by atoms with Crippen LogP contribution in [0.25, 0.3) is 0 Å². The summed E-state index contributed by atoms with van der Waals surface area (Å²) in [6.07, 6.45) is -43.7. The smallest absolute Gasteiger partial charge is 0.726 e. The second-order valence-electron chi connectivity index (χ2n) is 29.0. The largest absolute Gasteiger partial charge is 1.00 e. The third-order valence-electron chi connectivity index (χ3n) is 22.6. The predicted octanol–water partition coefficient (Wildman–Crippen LogP) is -6.56. The van der Waals surface area contributed by atoms with Crippen molar-refractivity contribution in [1.29, 1.82) is 0 Å². The first kappa shape index (κ1) is 78.4. The van der Waals surface area contributed by atoms with Crippen molar-refractivity contribution in [2.45, 2.75) is 303 Å². The molecule has 6 aliphatic heterocycles. The summed E-state index contributed by atoms with van der Waals surface area (Å²) in [4.78, 5) is 0. The zero-order chi connectivity index (χ0) is 68.7. The van der Waals surface area contributed by atoms with Gasteiger partial charge in [0.25, 0.3) is 0 Å². The maximum atomic E-state index is 12.5. The molecule has 0 amide bonds. The summed E-state index contributed by atoms with van der Waals surface area (Å²) in [7, 11) is -5.13. The predicted molar refractivity (Wildman–Crippen MR) is 315 cm³/mol. The number of aliphatic hydroxyl groups is 15. The van der Waals surface area contributed by atoms with Crippen molar-refractivity contribution in [3.05, 3.63) is 23.8 Å². The van der Waals surface area contributed by atoms with Gasteiger partial charge in [-0.15, -0.1) is 0 Å². The van der Waals surface area contributed by atoms with Crippen LogP contribution in [0.3, 0.4) is 0 Å². The molecular formula is C62H101NaO31S. The Morgan fingerprint density at radius 3 is 1.80 bits per heavy atom. The second kappa shape index (κ2) is 30.9. The zero-order valence-electron chi connectivity index (χ0n) is 55.1. The standard InChI is InChI=1S/C62H102O31S.Na/c1-23(2)24(3)12-17-62(9,77)37-11-10-30-29-19-34(32-18-28(93-94(78,79)80)13-15-60(32,7)31(29)14-16-61(30,37)8)86-57-49(76)51(40(67)27(6)84-57)90-58-52(92-55-46(73)43(70)38(65)25(4)83-55)42(69)36(22-82-58)88-59-53(45(72)39(66)26(5)85-59)91-54-48(75)50(33(64)21-81-54)89-56-47(74)44(71)41(68)35(20-63)87-56;/h14,23,25-30,32-59,63-77H,3,10-13,15-22H2,1-2,4-9H3,(H,78,79,80);/q;+1/p-1/t25?,26?,27?,28-,29?,30-,32+,33?,34-,35?,36?,37-,38?,39?,40?,41?,42?,43?,44?,45?,46?,47?,48?,49?,50?,51?,52?,53?,54?,55?,56?,57?,58?,59?,60+,61-,62-;/m0./s1. The minimum absolute atomic E-state index is 0. The molecule has 15 N–H and O–H groups in total. The molecule has 4 aliphatic carbocycles. The van der Waals surface area contributed by atoms with Crippen LogP contribution in [0.2, 0.25) is 0 Å². The summed E-state index contributed by atoms with van der Waals surface area (Å²) < 4.78 is 114. The summed E-state index contributed by atoms with van der Waals surface area (Å²) in [6, 6.07) is 0.